The fourth-order valence-corrected chi connectivity index (χ4v) is 2.92. The molecule has 1 aromatic carbocycles. The van der Waals surface area contributed by atoms with Crippen LogP contribution in [0.4, 0.5) is 11.4 Å². The molecule has 6 nitrogen and oxygen atoms in total. The van der Waals surface area contributed by atoms with Crippen LogP contribution in [-0.4, -0.2) is 22.0 Å². The van der Waals surface area contributed by atoms with E-state index in [1.54, 1.807) is 26.0 Å². The van der Waals surface area contributed by atoms with E-state index in [0.717, 1.165) is 18.4 Å². The summed E-state index contributed by atoms with van der Waals surface area (Å²) in [5, 5.41) is 23.8. The largest absolute Gasteiger partial charge is 0.481 e. The van der Waals surface area contributed by atoms with Gasteiger partial charge in [-0.3, -0.25) is 14.9 Å². The Labute approximate surface area is 123 Å². The highest BCUT2D eigenvalue weighted by Crippen LogP contribution is 2.39. The fraction of sp³-hybridized carbons (Fsp3) is 0.533. The van der Waals surface area contributed by atoms with Crippen LogP contribution in [0.15, 0.2) is 18.2 Å². The van der Waals surface area contributed by atoms with Gasteiger partial charge in [0.15, 0.2) is 0 Å². The first kappa shape index (κ1) is 15.3. The van der Waals surface area contributed by atoms with Crippen molar-refractivity contribution < 1.29 is 14.8 Å². The molecule has 2 unspecified atom stereocenters. The lowest BCUT2D eigenvalue weighted by atomic mass is 9.71. The molecule has 1 saturated carbocycles. The van der Waals surface area contributed by atoms with Crippen molar-refractivity contribution in [3.8, 4) is 0 Å². The molecule has 0 amide bonds. The van der Waals surface area contributed by atoms with Gasteiger partial charge >= 0.3 is 5.97 Å². The zero-order valence-electron chi connectivity index (χ0n) is 12.3. The number of rotatable bonds is 4. The van der Waals surface area contributed by atoms with Gasteiger partial charge in [0, 0.05) is 12.1 Å². The van der Waals surface area contributed by atoms with Gasteiger partial charge in [0.2, 0.25) is 0 Å². The number of anilines is 1. The number of nitrogens with one attached hydrogen (secondary N) is 1. The number of nitrogens with zero attached hydrogens (tertiary/aromatic N) is 1. The van der Waals surface area contributed by atoms with E-state index in [2.05, 4.69) is 5.32 Å². The summed E-state index contributed by atoms with van der Waals surface area (Å²) in [4.78, 5) is 22.3. The number of hydrogen-bond acceptors (Lipinski definition) is 4. The predicted octanol–water partition coefficient (Wildman–Crippen LogP) is 3.35. The summed E-state index contributed by atoms with van der Waals surface area (Å²) in [5.41, 5.74) is 0.298. The Morgan fingerprint density at radius 3 is 2.81 bits per heavy atom. The van der Waals surface area contributed by atoms with Crippen molar-refractivity contribution in [1.29, 1.82) is 0 Å². The third kappa shape index (κ3) is 2.99. The molecule has 6 heteroatoms. The van der Waals surface area contributed by atoms with Gasteiger partial charge in [-0.15, -0.1) is 0 Å². The van der Waals surface area contributed by atoms with Crippen LogP contribution in [0.25, 0.3) is 0 Å². The molecule has 0 bridgehead atoms. The number of nitro groups is 1. The van der Waals surface area contributed by atoms with Crippen LogP contribution in [-0.2, 0) is 4.79 Å². The SMILES string of the molecule is Cc1ccc(NC2CCCCC2(C)C(=O)O)c([N+](=O)[O-])c1. The molecule has 0 heterocycles. The molecule has 1 aliphatic rings. The molecule has 114 valence electrons. The lowest BCUT2D eigenvalue weighted by molar-refractivity contribution is -0.384. The van der Waals surface area contributed by atoms with Gasteiger partial charge in [-0.05, 0) is 38.3 Å². The topological polar surface area (TPSA) is 92.5 Å². The summed E-state index contributed by atoms with van der Waals surface area (Å²) in [7, 11) is 0. The second-order valence-electron chi connectivity index (χ2n) is 5.94. The van der Waals surface area contributed by atoms with Gasteiger partial charge in [0.25, 0.3) is 5.69 Å². The highest BCUT2D eigenvalue weighted by molar-refractivity contribution is 5.76. The van der Waals surface area contributed by atoms with E-state index >= 15 is 0 Å². The second kappa shape index (κ2) is 5.71. The van der Waals surface area contributed by atoms with Crippen molar-refractivity contribution in [1.82, 2.24) is 0 Å². The normalized spacial score (nSPS) is 25.3. The first-order valence-corrected chi connectivity index (χ1v) is 7.09. The van der Waals surface area contributed by atoms with Gasteiger partial charge in [0.1, 0.15) is 5.69 Å². The molecule has 0 aliphatic heterocycles. The van der Waals surface area contributed by atoms with E-state index in [9.17, 15) is 20.0 Å². The molecular weight excluding hydrogens is 272 g/mol. The Kier molecular flexibility index (Phi) is 4.16. The minimum atomic E-state index is -0.892. The molecule has 2 atom stereocenters. The Morgan fingerprint density at radius 1 is 1.48 bits per heavy atom. The van der Waals surface area contributed by atoms with Crippen molar-refractivity contribution in [2.75, 3.05) is 5.32 Å². The lowest BCUT2D eigenvalue weighted by Gasteiger charge is -2.38. The summed E-state index contributed by atoms with van der Waals surface area (Å²) in [6.45, 7) is 3.50. The fourth-order valence-electron chi connectivity index (χ4n) is 2.92. The van der Waals surface area contributed by atoms with Crippen molar-refractivity contribution in [3.05, 3.63) is 33.9 Å². The highest BCUT2D eigenvalue weighted by atomic mass is 16.6. The number of carbonyl (C=O) groups is 1. The summed E-state index contributed by atoms with van der Waals surface area (Å²) in [6.07, 6.45) is 3.09. The third-order valence-electron chi connectivity index (χ3n) is 4.38. The Morgan fingerprint density at radius 2 is 2.19 bits per heavy atom. The van der Waals surface area contributed by atoms with Gasteiger partial charge in [-0.25, -0.2) is 0 Å². The second-order valence-corrected chi connectivity index (χ2v) is 5.94. The van der Waals surface area contributed by atoms with Crippen LogP contribution >= 0.6 is 0 Å². The summed E-state index contributed by atoms with van der Waals surface area (Å²) >= 11 is 0. The van der Waals surface area contributed by atoms with Crippen LogP contribution in [0.1, 0.15) is 38.2 Å². The standard InChI is InChI=1S/C15H20N2O4/c1-10-6-7-11(12(9-10)17(20)21)16-13-5-3-4-8-15(13,2)14(18)19/h6-7,9,13,16H,3-5,8H2,1-2H3,(H,18,19). The van der Waals surface area contributed by atoms with E-state index in [4.69, 9.17) is 0 Å². The van der Waals surface area contributed by atoms with Gasteiger partial charge in [-0.2, -0.15) is 0 Å². The summed E-state index contributed by atoms with van der Waals surface area (Å²) < 4.78 is 0. The molecule has 1 aromatic rings. The predicted molar refractivity (Wildman–Crippen MR) is 79.5 cm³/mol. The molecule has 0 aromatic heterocycles. The number of aliphatic carboxylic acids is 1. The van der Waals surface area contributed by atoms with Crippen LogP contribution in [0.3, 0.4) is 0 Å². The first-order valence-electron chi connectivity index (χ1n) is 7.09. The maximum absolute atomic E-state index is 11.6. The highest BCUT2D eigenvalue weighted by Gasteiger charge is 2.43. The minimum Gasteiger partial charge on any atom is -0.481 e. The molecule has 1 aliphatic carbocycles. The van der Waals surface area contributed by atoms with Crippen LogP contribution in [0.5, 0.6) is 0 Å². The van der Waals surface area contributed by atoms with Gasteiger partial charge in [0.05, 0.1) is 10.3 Å². The van der Waals surface area contributed by atoms with Gasteiger partial charge < -0.3 is 10.4 Å². The number of hydrogen-bond donors (Lipinski definition) is 2. The summed E-state index contributed by atoms with van der Waals surface area (Å²) in [6, 6.07) is 4.65. The van der Waals surface area contributed by atoms with Gasteiger partial charge in [-0.1, -0.05) is 18.9 Å². The average Bonchev–Trinajstić information content (AvgIpc) is 2.42. The van der Waals surface area contributed by atoms with E-state index < -0.39 is 16.3 Å². The maximum Gasteiger partial charge on any atom is 0.311 e. The van der Waals surface area contributed by atoms with Crippen molar-refractivity contribution in [2.24, 2.45) is 5.41 Å². The monoisotopic (exact) mass is 292 g/mol. The number of nitro benzene ring substituents is 1. The summed E-state index contributed by atoms with van der Waals surface area (Å²) in [5.74, 6) is -0.852. The molecule has 2 N–H and O–H groups in total. The molecule has 0 saturated heterocycles. The molecule has 21 heavy (non-hydrogen) atoms. The number of carboxylic acids is 1. The van der Waals surface area contributed by atoms with Crippen molar-refractivity contribution in [2.45, 2.75) is 45.6 Å². The minimum absolute atomic E-state index is 0.00619. The Bertz CT molecular complexity index is 573. The lowest BCUT2D eigenvalue weighted by Crippen LogP contribution is -2.46. The quantitative estimate of drug-likeness (QED) is 0.655. The van der Waals surface area contributed by atoms with E-state index in [-0.39, 0.29) is 11.7 Å². The molecule has 0 radical (unpaired) electrons. The number of aryl methyl sites for hydroxylation is 1. The molecule has 2 rings (SSSR count). The maximum atomic E-state index is 11.6. The zero-order chi connectivity index (χ0) is 15.6. The first-order chi connectivity index (χ1) is 9.84. The van der Waals surface area contributed by atoms with Crippen LogP contribution in [0.2, 0.25) is 0 Å². The van der Waals surface area contributed by atoms with Crippen molar-refractivity contribution in [3.63, 3.8) is 0 Å². The van der Waals surface area contributed by atoms with Crippen LogP contribution < -0.4 is 5.32 Å². The number of benzene rings is 1. The molecule has 0 spiro atoms. The smallest absolute Gasteiger partial charge is 0.311 e. The zero-order valence-corrected chi connectivity index (χ0v) is 12.3. The van der Waals surface area contributed by atoms with E-state index in [0.29, 0.717) is 18.5 Å². The van der Waals surface area contributed by atoms with E-state index in [1.807, 2.05) is 0 Å². The molecular formula is C15H20N2O4. The van der Waals surface area contributed by atoms with Crippen LogP contribution in [0, 0.1) is 22.5 Å². The average molecular weight is 292 g/mol. The Hall–Kier alpha value is -2.11. The number of carboxylic acid groups (broad SMARTS) is 1. The third-order valence-corrected chi connectivity index (χ3v) is 4.38. The van der Waals surface area contributed by atoms with E-state index in [1.165, 1.54) is 6.07 Å². The molecule has 1 fully saturated rings. The van der Waals surface area contributed by atoms with Crippen molar-refractivity contribution >= 4 is 17.3 Å². The Balaban J connectivity index is 2.32.